The number of nitrogens with one attached hydrogen (secondary N) is 1. The maximum atomic E-state index is 12.6. The third kappa shape index (κ3) is 4.07. The second kappa shape index (κ2) is 7.50. The van der Waals surface area contributed by atoms with Gasteiger partial charge in [0.1, 0.15) is 0 Å². The van der Waals surface area contributed by atoms with E-state index in [1.54, 1.807) is 43.8 Å². The first-order valence-electron chi connectivity index (χ1n) is 8.24. The van der Waals surface area contributed by atoms with E-state index in [1.165, 1.54) is 6.07 Å². The van der Waals surface area contributed by atoms with Gasteiger partial charge in [0.05, 0.1) is 22.1 Å². The van der Waals surface area contributed by atoms with Crippen LogP contribution in [0.15, 0.2) is 12.1 Å². The van der Waals surface area contributed by atoms with E-state index >= 15 is 0 Å². The van der Waals surface area contributed by atoms with Crippen LogP contribution in [-0.2, 0) is 4.79 Å². The summed E-state index contributed by atoms with van der Waals surface area (Å²) in [5.41, 5.74) is 1.62. The third-order valence-corrected chi connectivity index (χ3v) is 4.57. The lowest BCUT2D eigenvalue weighted by molar-refractivity contribution is -0.385. The number of aryl methyl sites for hydroxylation is 1. The maximum Gasteiger partial charge on any atom is 0.321 e. The highest BCUT2D eigenvalue weighted by atomic mass is 16.6. The zero-order valence-corrected chi connectivity index (χ0v) is 15.0. The number of carbonyl (C=O) groups excluding carboxylic acids is 2. The number of carbonyl (C=O) groups is 2. The van der Waals surface area contributed by atoms with Crippen LogP contribution < -0.4 is 5.32 Å². The minimum atomic E-state index is -0.461. The Morgan fingerprint density at radius 2 is 2.00 bits per heavy atom. The predicted molar refractivity (Wildman–Crippen MR) is 94.6 cm³/mol. The molecule has 2 rings (SSSR count). The smallest absolute Gasteiger partial charge is 0.321 e. The number of hydrogen-bond donors (Lipinski definition) is 1. The molecular formula is C17H24N4O4. The van der Waals surface area contributed by atoms with Crippen LogP contribution in [0.2, 0.25) is 0 Å². The summed E-state index contributed by atoms with van der Waals surface area (Å²) in [7, 11) is 3.41. The van der Waals surface area contributed by atoms with Gasteiger partial charge in [-0.25, -0.2) is 4.79 Å². The number of hydrogen-bond acceptors (Lipinski definition) is 4. The Balaban J connectivity index is 2.16. The van der Waals surface area contributed by atoms with Crippen molar-refractivity contribution in [2.45, 2.75) is 26.7 Å². The average molecular weight is 348 g/mol. The van der Waals surface area contributed by atoms with E-state index in [4.69, 9.17) is 0 Å². The van der Waals surface area contributed by atoms with E-state index in [2.05, 4.69) is 5.32 Å². The van der Waals surface area contributed by atoms with Crippen LogP contribution in [-0.4, -0.2) is 53.8 Å². The average Bonchev–Trinajstić information content (AvgIpc) is 2.57. The van der Waals surface area contributed by atoms with Gasteiger partial charge in [0.25, 0.3) is 5.69 Å². The molecule has 0 radical (unpaired) electrons. The van der Waals surface area contributed by atoms with Crippen LogP contribution in [0.3, 0.4) is 0 Å². The summed E-state index contributed by atoms with van der Waals surface area (Å²) in [5, 5.41) is 13.9. The zero-order chi connectivity index (χ0) is 18.7. The zero-order valence-electron chi connectivity index (χ0n) is 15.0. The van der Waals surface area contributed by atoms with Gasteiger partial charge < -0.3 is 15.1 Å². The highest BCUT2D eigenvalue weighted by Crippen LogP contribution is 2.29. The minimum Gasteiger partial charge on any atom is -0.349 e. The number of nitro benzene ring substituents is 1. The Bertz CT molecular complexity index is 702. The van der Waals surface area contributed by atoms with Gasteiger partial charge >= 0.3 is 6.03 Å². The van der Waals surface area contributed by atoms with Crippen molar-refractivity contribution in [2.75, 3.05) is 32.5 Å². The van der Waals surface area contributed by atoms with Crippen LogP contribution in [0.5, 0.6) is 0 Å². The van der Waals surface area contributed by atoms with Gasteiger partial charge in [0.2, 0.25) is 5.91 Å². The molecule has 0 saturated carbocycles. The molecule has 1 heterocycles. The SMILES string of the molecule is Cc1ccc([N+](=O)[O-])c(C)c1NC(=O)N1CCC[C@H](C(=O)N(C)C)C1. The Morgan fingerprint density at radius 1 is 1.32 bits per heavy atom. The van der Waals surface area contributed by atoms with Gasteiger partial charge in [-0.1, -0.05) is 6.07 Å². The van der Waals surface area contributed by atoms with Gasteiger partial charge in [-0.3, -0.25) is 14.9 Å². The summed E-state index contributed by atoms with van der Waals surface area (Å²) in [5.74, 6) is -0.193. The first kappa shape index (κ1) is 18.7. The molecule has 0 bridgehead atoms. The summed E-state index contributed by atoms with van der Waals surface area (Å²) in [4.78, 5) is 38.5. The van der Waals surface area contributed by atoms with Crippen LogP contribution in [0, 0.1) is 29.9 Å². The number of likely N-dealkylation sites (tertiary alicyclic amines) is 1. The fourth-order valence-electron chi connectivity index (χ4n) is 3.14. The molecule has 25 heavy (non-hydrogen) atoms. The topological polar surface area (TPSA) is 95.8 Å². The van der Waals surface area contributed by atoms with Gasteiger partial charge in [-0.15, -0.1) is 0 Å². The van der Waals surface area contributed by atoms with Crippen LogP contribution in [0.4, 0.5) is 16.2 Å². The van der Waals surface area contributed by atoms with E-state index in [0.717, 1.165) is 18.4 Å². The molecule has 1 atom stereocenters. The summed E-state index contributed by atoms with van der Waals surface area (Å²) in [6, 6.07) is 2.73. The fourth-order valence-corrected chi connectivity index (χ4v) is 3.14. The van der Waals surface area contributed by atoms with Crippen molar-refractivity contribution < 1.29 is 14.5 Å². The molecule has 136 valence electrons. The summed E-state index contributed by atoms with van der Waals surface area (Å²) in [6.45, 7) is 4.34. The number of piperidine rings is 1. The summed E-state index contributed by atoms with van der Waals surface area (Å²) >= 11 is 0. The van der Waals surface area contributed by atoms with Crippen LogP contribution in [0.1, 0.15) is 24.0 Å². The van der Waals surface area contributed by atoms with Gasteiger partial charge in [-0.2, -0.15) is 0 Å². The number of amides is 3. The van der Waals surface area contributed by atoms with Crippen molar-refractivity contribution in [3.05, 3.63) is 33.4 Å². The second-order valence-electron chi connectivity index (χ2n) is 6.61. The van der Waals surface area contributed by atoms with E-state index < -0.39 is 4.92 Å². The predicted octanol–water partition coefficient (Wildman–Crippen LogP) is 2.54. The highest BCUT2D eigenvalue weighted by molar-refractivity contribution is 5.92. The quantitative estimate of drug-likeness (QED) is 0.670. The molecular weight excluding hydrogens is 324 g/mol. The van der Waals surface area contributed by atoms with Crippen LogP contribution in [0.25, 0.3) is 0 Å². The van der Waals surface area contributed by atoms with Crippen molar-refractivity contribution in [2.24, 2.45) is 5.92 Å². The van der Waals surface area contributed by atoms with Gasteiger partial charge in [0, 0.05) is 33.3 Å². The monoisotopic (exact) mass is 348 g/mol. The molecule has 1 aromatic rings. The Morgan fingerprint density at radius 3 is 2.60 bits per heavy atom. The third-order valence-electron chi connectivity index (χ3n) is 4.57. The largest absolute Gasteiger partial charge is 0.349 e. The Hall–Kier alpha value is -2.64. The maximum absolute atomic E-state index is 12.6. The van der Waals surface area contributed by atoms with Crippen molar-refractivity contribution in [3.63, 3.8) is 0 Å². The molecule has 8 nitrogen and oxygen atoms in total. The summed E-state index contributed by atoms with van der Waals surface area (Å²) < 4.78 is 0. The van der Waals surface area contributed by atoms with Crippen LogP contribution >= 0.6 is 0 Å². The first-order chi connectivity index (χ1) is 11.7. The van der Waals surface area contributed by atoms with E-state index in [0.29, 0.717) is 24.3 Å². The minimum absolute atomic E-state index is 0.0141. The van der Waals surface area contributed by atoms with Gasteiger partial charge in [-0.05, 0) is 32.3 Å². The lowest BCUT2D eigenvalue weighted by Crippen LogP contribution is -2.46. The molecule has 8 heteroatoms. The van der Waals surface area contributed by atoms with Crippen molar-refractivity contribution >= 4 is 23.3 Å². The second-order valence-corrected chi connectivity index (χ2v) is 6.61. The number of nitrogens with zero attached hydrogens (tertiary/aromatic N) is 3. The molecule has 1 aliphatic rings. The molecule has 1 N–H and O–H groups in total. The molecule has 1 saturated heterocycles. The van der Waals surface area contributed by atoms with E-state index in [-0.39, 0.29) is 23.5 Å². The Kier molecular flexibility index (Phi) is 5.61. The molecule has 0 unspecified atom stereocenters. The molecule has 0 aliphatic carbocycles. The normalized spacial score (nSPS) is 17.1. The number of benzene rings is 1. The number of nitro groups is 1. The standard InChI is InChI=1S/C17H24N4O4/c1-11-7-8-14(21(24)25)12(2)15(11)18-17(23)20-9-5-6-13(10-20)16(22)19(3)4/h7-8,13H,5-6,9-10H2,1-4H3,(H,18,23)/t13-/m0/s1. The molecule has 0 spiro atoms. The van der Waals surface area contributed by atoms with E-state index in [9.17, 15) is 19.7 Å². The fraction of sp³-hybridized carbons (Fsp3) is 0.529. The lowest BCUT2D eigenvalue weighted by atomic mass is 9.97. The van der Waals surface area contributed by atoms with Crippen molar-refractivity contribution in [1.82, 2.24) is 9.80 Å². The lowest BCUT2D eigenvalue weighted by Gasteiger charge is -2.33. The molecule has 1 fully saturated rings. The molecule has 0 aromatic heterocycles. The molecule has 1 aromatic carbocycles. The number of rotatable bonds is 3. The van der Waals surface area contributed by atoms with Crippen molar-refractivity contribution in [1.29, 1.82) is 0 Å². The molecule has 1 aliphatic heterocycles. The summed E-state index contributed by atoms with van der Waals surface area (Å²) in [6.07, 6.45) is 1.51. The highest BCUT2D eigenvalue weighted by Gasteiger charge is 2.30. The number of urea groups is 1. The first-order valence-corrected chi connectivity index (χ1v) is 8.24. The number of anilines is 1. The Labute approximate surface area is 146 Å². The van der Waals surface area contributed by atoms with Gasteiger partial charge in [0.15, 0.2) is 0 Å². The molecule has 3 amide bonds. The van der Waals surface area contributed by atoms with E-state index in [1.807, 2.05) is 0 Å². The van der Waals surface area contributed by atoms with Crippen molar-refractivity contribution in [3.8, 4) is 0 Å².